The van der Waals surface area contributed by atoms with E-state index in [-0.39, 0.29) is 12.0 Å². The van der Waals surface area contributed by atoms with Crippen LogP contribution in [0.15, 0.2) is 47.1 Å². The molecule has 1 aromatic heterocycles. The summed E-state index contributed by atoms with van der Waals surface area (Å²) in [5.41, 5.74) is 0.719. The highest BCUT2D eigenvalue weighted by molar-refractivity contribution is 9.10. The Morgan fingerprint density at radius 3 is 2.55 bits per heavy atom. The van der Waals surface area contributed by atoms with Crippen molar-refractivity contribution in [3.8, 4) is 5.88 Å². The molecule has 0 aliphatic carbocycles. The lowest BCUT2D eigenvalue weighted by Gasteiger charge is -2.31. The van der Waals surface area contributed by atoms with Crippen molar-refractivity contribution in [1.29, 1.82) is 0 Å². The van der Waals surface area contributed by atoms with Gasteiger partial charge in [0.05, 0.1) is 0 Å². The third kappa shape index (κ3) is 3.62. The molecule has 1 aliphatic rings. The lowest BCUT2D eigenvalue weighted by molar-refractivity contribution is 0.0586. The third-order valence-corrected chi connectivity index (χ3v) is 4.18. The molecule has 1 amide bonds. The SMILES string of the molecule is O=C(c1ccc(Br)cc1)N1CCC(Oc2cccnn2)CC1. The second-order valence-electron chi connectivity index (χ2n) is 5.18. The van der Waals surface area contributed by atoms with E-state index in [1.54, 1.807) is 18.3 Å². The van der Waals surface area contributed by atoms with Gasteiger partial charge in [-0.3, -0.25) is 4.79 Å². The molecule has 2 heterocycles. The van der Waals surface area contributed by atoms with Crippen LogP contribution in [-0.4, -0.2) is 40.2 Å². The van der Waals surface area contributed by atoms with Crippen LogP contribution in [0.5, 0.6) is 5.88 Å². The number of benzene rings is 1. The van der Waals surface area contributed by atoms with E-state index in [9.17, 15) is 4.79 Å². The van der Waals surface area contributed by atoms with Crippen LogP contribution in [0, 0.1) is 0 Å². The highest BCUT2D eigenvalue weighted by Crippen LogP contribution is 2.19. The molecule has 0 bridgehead atoms. The summed E-state index contributed by atoms with van der Waals surface area (Å²) in [6, 6.07) is 11.1. The maximum atomic E-state index is 12.4. The van der Waals surface area contributed by atoms with Gasteiger partial charge in [-0.05, 0) is 30.3 Å². The molecule has 1 saturated heterocycles. The van der Waals surface area contributed by atoms with Crippen molar-refractivity contribution >= 4 is 21.8 Å². The minimum Gasteiger partial charge on any atom is -0.473 e. The molecule has 0 N–H and O–H groups in total. The maximum absolute atomic E-state index is 12.4. The first-order valence-electron chi connectivity index (χ1n) is 7.21. The molecule has 0 radical (unpaired) electrons. The molecule has 0 saturated carbocycles. The lowest BCUT2D eigenvalue weighted by Crippen LogP contribution is -2.41. The Bertz CT molecular complexity index is 626. The smallest absolute Gasteiger partial charge is 0.253 e. The van der Waals surface area contributed by atoms with E-state index in [0.29, 0.717) is 19.0 Å². The second-order valence-corrected chi connectivity index (χ2v) is 6.09. The number of rotatable bonds is 3. The van der Waals surface area contributed by atoms with E-state index >= 15 is 0 Å². The number of carbonyl (C=O) groups is 1. The van der Waals surface area contributed by atoms with Gasteiger partial charge < -0.3 is 9.64 Å². The molecule has 5 nitrogen and oxygen atoms in total. The summed E-state index contributed by atoms with van der Waals surface area (Å²) in [5.74, 6) is 0.616. The largest absolute Gasteiger partial charge is 0.473 e. The van der Waals surface area contributed by atoms with Crippen LogP contribution in [0.2, 0.25) is 0 Å². The number of likely N-dealkylation sites (tertiary alicyclic amines) is 1. The van der Waals surface area contributed by atoms with Gasteiger partial charge in [0.15, 0.2) is 0 Å². The molecular formula is C16H16BrN3O2. The van der Waals surface area contributed by atoms with Crippen LogP contribution >= 0.6 is 15.9 Å². The second kappa shape index (κ2) is 6.87. The Morgan fingerprint density at radius 1 is 1.18 bits per heavy atom. The normalized spacial score (nSPS) is 15.6. The molecule has 3 rings (SSSR count). The monoisotopic (exact) mass is 361 g/mol. The minimum absolute atomic E-state index is 0.0745. The van der Waals surface area contributed by atoms with Gasteiger partial charge in [0.2, 0.25) is 5.88 Å². The summed E-state index contributed by atoms with van der Waals surface area (Å²) in [6.45, 7) is 1.39. The van der Waals surface area contributed by atoms with Crippen LogP contribution < -0.4 is 4.74 Å². The Balaban J connectivity index is 1.55. The number of piperidine rings is 1. The number of hydrogen-bond donors (Lipinski definition) is 0. The van der Waals surface area contributed by atoms with Crippen molar-refractivity contribution < 1.29 is 9.53 Å². The Labute approximate surface area is 137 Å². The number of aromatic nitrogens is 2. The van der Waals surface area contributed by atoms with E-state index in [1.165, 1.54) is 0 Å². The summed E-state index contributed by atoms with van der Waals surface area (Å²) in [4.78, 5) is 14.3. The van der Waals surface area contributed by atoms with E-state index in [0.717, 1.165) is 22.9 Å². The molecule has 1 aromatic carbocycles. The van der Waals surface area contributed by atoms with Crippen LogP contribution in [0.1, 0.15) is 23.2 Å². The van der Waals surface area contributed by atoms with E-state index < -0.39 is 0 Å². The lowest BCUT2D eigenvalue weighted by atomic mass is 10.1. The van der Waals surface area contributed by atoms with Crippen molar-refractivity contribution in [2.24, 2.45) is 0 Å². The summed E-state index contributed by atoms with van der Waals surface area (Å²) in [5, 5.41) is 7.72. The Hall–Kier alpha value is -1.95. The first kappa shape index (κ1) is 15.0. The van der Waals surface area contributed by atoms with E-state index in [4.69, 9.17) is 4.74 Å². The van der Waals surface area contributed by atoms with Gasteiger partial charge in [-0.15, -0.1) is 5.10 Å². The highest BCUT2D eigenvalue weighted by atomic mass is 79.9. The Morgan fingerprint density at radius 2 is 1.91 bits per heavy atom. The summed E-state index contributed by atoms with van der Waals surface area (Å²) in [6.07, 6.45) is 3.31. The average molecular weight is 362 g/mol. The van der Waals surface area contributed by atoms with E-state index in [2.05, 4.69) is 26.1 Å². The number of hydrogen-bond acceptors (Lipinski definition) is 4. The van der Waals surface area contributed by atoms with Gasteiger partial charge in [0, 0.05) is 48.2 Å². The quantitative estimate of drug-likeness (QED) is 0.843. The fourth-order valence-corrected chi connectivity index (χ4v) is 2.74. The third-order valence-electron chi connectivity index (χ3n) is 3.66. The zero-order valence-corrected chi connectivity index (χ0v) is 13.6. The van der Waals surface area contributed by atoms with E-state index in [1.807, 2.05) is 29.2 Å². The van der Waals surface area contributed by atoms with Crippen molar-refractivity contribution in [3.05, 3.63) is 52.6 Å². The topological polar surface area (TPSA) is 55.3 Å². The molecule has 0 unspecified atom stereocenters. The number of carbonyl (C=O) groups excluding carboxylic acids is 1. The average Bonchev–Trinajstić information content (AvgIpc) is 2.57. The number of ether oxygens (including phenoxy) is 1. The van der Waals surface area contributed by atoms with Crippen LogP contribution in [0.3, 0.4) is 0 Å². The molecule has 114 valence electrons. The zero-order valence-electron chi connectivity index (χ0n) is 12.0. The molecule has 22 heavy (non-hydrogen) atoms. The minimum atomic E-state index is 0.0745. The fraction of sp³-hybridized carbons (Fsp3) is 0.312. The fourth-order valence-electron chi connectivity index (χ4n) is 2.47. The van der Waals surface area contributed by atoms with Crippen LogP contribution in [0.25, 0.3) is 0 Å². The molecule has 1 aliphatic heterocycles. The predicted molar refractivity (Wildman–Crippen MR) is 85.7 cm³/mol. The number of amides is 1. The highest BCUT2D eigenvalue weighted by Gasteiger charge is 2.24. The molecule has 1 fully saturated rings. The predicted octanol–water partition coefficient (Wildman–Crippen LogP) is 2.92. The molecule has 0 atom stereocenters. The summed E-state index contributed by atoms with van der Waals surface area (Å²) >= 11 is 3.38. The van der Waals surface area contributed by atoms with Crippen molar-refractivity contribution in [2.75, 3.05) is 13.1 Å². The van der Waals surface area contributed by atoms with Gasteiger partial charge in [-0.2, -0.15) is 5.10 Å². The van der Waals surface area contributed by atoms with Crippen LogP contribution in [-0.2, 0) is 0 Å². The van der Waals surface area contributed by atoms with Crippen molar-refractivity contribution in [1.82, 2.24) is 15.1 Å². The van der Waals surface area contributed by atoms with Crippen molar-refractivity contribution in [2.45, 2.75) is 18.9 Å². The maximum Gasteiger partial charge on any atom is 0.253 e. The molecular weight excluding hydrogens is 346 g/mol. The number of halogens is 1. The Kier molecular flexibility index (Phi) is 4.68. The van der Waals surface area contributed by atoms with Crippen molar-refractivity contribution in [3.63, 3.8) is 0 Å². The zero-order chi connectivity index (χ0) is 15.4. The van der Waals surface area contributed by atoms with Gasteiger partial charge in [-0.1, -0.05) is 15.9 Å². The van der Waals surface area contributed by atoms with Gasteiger partial charge in [-0.25, -0.2) is 0 Å². The standard InChI is InChI=1S/C16H16BrN3O2/c17-13-5-3-12(4-6-13)16(21)20-10-7-14(8-11-20)22-15-2-1-9-18-19-15/h1-6,9,14H,7-8,10-11H2. The summed E-state index contributed by atoms with van der Waals surface area (Å²) < 4.78 is 6.76. The molecule has 0 spiro atoms. The molecule has 2 aromatic rings. The van der Waals surface area contributed by atoms with Gasteiger partial charge >= 0.3 is 0 Å². The number of nitrogens with zero attached hydrogens (tertiary/aromatic N) is 3. The van der Waals surface area contributed by atoms with Gasteiger partial charge in [0.1, 0.15) is 6.10 Å². The summed E-state index contributed by atoms with van der Waals surface area (Å²) in [7, 11) is 0. The van der Waals surface area contributed by atoms with Crippen LogP contribution in [0.4, 0.5) is 0 Å². The first-order valence-corrected chi connectivity index (χ1v) is 8.01. The molecule has 6 heteroatoms. The van der Waals surface area contributed by atoms with Gasteiger partial charge in [0.25, 0.3) is 5.91 Å². The first-order chi connectivity index (χ1) is 10.7.